The van der Waals surface area contributed by atoms with Crippen molar-refractivity contribution in [1.82, 2.24) is 15.2 Å². The molecule has 1 aliphatic rings. The van der Waals surface area contributed by atoms with Crippen LogP contribution in [-0.4, -0.2) is 41.3 Å². The largest absolute Gasteiger partial charge is 0.356 e. The molecule has 1 aromatic carbocycles. The summed E-state index contributed by atoms with van der Waals surface area (Å²) in [5, 5.41) is 6.09. The van der Waals surface area contributed by atoms with Gasteiger partial charge >= 0.3 is 0 Å². The third kappa shape index (κ3) is 5.41. The van der Waals surface area contributed by atoms with E-state index < -0.39 is 0 Å². The second-order valence-electron chi connectivity index (χ2n) is 7.41. The minimum absolute atomic E-state index is 0.0746. The molecule has 28 heavy (non-hydrogen) atoms. The van der Waals surface area contributed by atoms with E-state index in [1.807, 2.05) is 30.0 Å². The molecule has 1 aliphatic heterocycles. The van der Waals surface area contributed by atoms with E-state index >= 15 is 0 Å². The number of thiazole rings is 1. The third-order valence-electron chi connectivity index (χ3n) is 5.32. The second kappa shape index (κ2) is 9.82. The number of rotatable bonds is 7. The molecule has 2 aromatic rings. The first-order valence-corrected chi connectivity index (χ1v) is 11.0. The number of likely N-dealkylation sites (tertiary alicyclic amines) is 1. The van der Waals surface area contributed by atoms with Crippen LogP contribution in [0.5, 0.6) is 0 Å². The van der Waals surface area contributed by atoms with E-state index in [0.29, 0.717) is 25.3 Å². The Bertz CT molecular complexity index is 818. The van der Waals surface area contributed by atoms with Gasteiger partial charge in [-0.05, 0) is 30.9 Å². The number of benzene rings is 1. The molecular weight excluding hydrogens is 370 g/mol. The van der Waals surface area contributed by atoms with Crippen LogP contribution in [0.15, 0.2) is 29.6 Å². The lowest BCUT2D eigenvalue weighted by Gasteiger charge is -2.32. The van der Waals surface area contributed by atoms with Crippen LogP contribution in [0.3, 0.4) is 0 Å². The molecule has 0 radical (unpaired) electrons. The summed E-state index contributed by atoms with van der Waals surface area (Å²) in [7, 11) is 0. The fraction of sp³-hybridized carbons (Fsp3) is 0.500. The first kappa shape index (κ1) is 20.5. The van der Waals surface area contributed by atoms with Gasteiger partial charge in [0.25, 0.3) is 0 Å². The molecule has 0 aliphatic carbocycles. The number of aryl methyl sites for hydroxylation is 1. The molecule has 1 unspecified atom stereocenters. The first-order valence-electron chi connectivity index (χ1n) is 10.1. The zero-order chi connectivity index (χ0) is 19.9. The summed E-state index contributed by atoms with van der Waals surface area (Å²) in [6.45, 7) is 6.13. The van der Waals surface area contributed by atoms with Crippen LogP contribution in [0.2, 0.25) is 0 Å². The molecule has 1 atom stereocenters. The maximum absolute atomic E-state index is 12.8. The van der Waals surface area contributed by atoms with Crippen molar-refractivity contribution in [3.8, 4) is 0 Å². The average Bonchev–Trinajstić information content (AvgIpc) is 3.18. The first-order chi connectivity index (χ1) is 13.6. The van der Waals surface area contributed by atoms with Gasteiger partial charge in [-0.15, -0.1) is 11.3 Å². The van der Waals surface area contributed by atoms with Crippen LogP contribution in [0, 0.1) is 6.92 Å². The Morgan fingerprint density at radius 2 is 2.14 bits per heavy atom. The van der Waals surface area contributed by atoms with Crippen LogP contribution in [0.4, 0.5) is 0 Å². The van der Waals surface area contributed by atoms with Gasteiger partial charge in [0.1, 0.15) is 0 Å². The highest BCUT2D eigenvalue weighted by molar-refractivity contribution is 7.09. The lowest BCUT2D eigenvalue weighted by atomic mass is 9.97. The predicted octanol–water partition coefficient (Wildman–Crippen LogP) is 3.47. The van der Waals surface area contributed by atoms with Crippen LogP contribution in [0.25, 0.3) is 0 Å². The molecule has 0 bridgehead atoms. The van der Waals surface area contributed by atoms with Gasteiger partial charge in [0, 0.05) is 43.8 Å². The predicted molar refractivity (Wildman–Crippen MR) is 113 cm³/mol. The Kier molecular flexibility index (Phi) is 7.20. The monoisotopic (exact) mass is 399 g/mol. The molecule has 0 spiro atoms. The molecule has 150 valence electrons. The Morgan fingerprint density at radius 3 is 2.93 bits per heavy atom. The number of piperidine rings is 1. The van der Waals surface area contributed by atoms with Crippen LogP contribution in [-0.2, 0) is 22.4 Å². The minimum atomic E-state index is 0.0746. The fourth-order valence-electron chi connectivity index (χ4n) is 3.57. The molecule has 1 N–H and O–H groups in total. The number of hydrogen-bond acceptors (Lipinski definition) is 4. The molecule has 5 nitrogen and oxygen atoms in total. The van der Waals surface area contributed by atoms with Gasteiger partial charge in [0.2, 0.25) is 11.8 Å². The van der Waals surface area contributed by atoms with Crippen molar-refractivity contribution in [2.24, 2.45) is 0 Å². The smallest absolute Gasteiger partial charge is 0.227 e. The van der Waals surface area contributed by atoms with E-state index in [2.05, 4.69) is 23.7 Å². The van der Waals surface area contributed by atoms with Crippen molar-refractivity contribution in [3.05, 3.63) is 51.5 Å². The summed E-state index contributed by atoms with van der Waals surface area (Å²) >= 11 is 1.68. The average molecular weight is 400 g/mol. The number of aromatic nitrogens is 1. The SMILES string of the molecule is CCC(=O)NCCc1csc(C2CCCN(C(=O)Cc3ccccc3C)C2)n1. The summed E-state index contributed by atoms with van der Waals surface area (Å²) < 4.78 is 0. The Balaban J connectivity index is 1.55. The molecule has 2 amide bonds. The number of carbonyl (C=O) groups is 2. The summed E-state index contributed by atoms with van der Waals surface area (Å²) in [5.74, 6) is 0.599. The molecular formula is C22H29N3O2S. The highest BCUT2D eigenvalue weighted by Gasteiger charge is 2.26. The maximum atomic E-state index is 12.8. The van der Waals surface area contributed by atoms with E-state index in [-0.39, 0.29) is 11.8 Å². The van der Waals surface area contributed by atoms with Crippen LogP contribution < -0.4 is 5.32 Å². The number of hydrogen-bond donors (Lipinski definition) is 1. The van der Waals surface area contributed by atoms with Gasteiger partial charge < -0.3 is 10.2 Å². The summed E-state index contributed by atoms with van der Waals surface area (Å²) in [6.07, 6.45) is 3.83. The number of nitrogens with one attached hydrogen (secondary N) is 1. The highest BCUT2D eigenvalue weighted by Crippen LogP contribution is 2.29. The Morgan fingerprint density at radius 1 is 1.32 bits per heavy atom. The number of amides is 2. The normalized spacial score (nSPS) is 16.8. The van der Waals surface area contributed by atoms with Crippen molar-refractivity contribution >= 4 is 23.2 Å². The summed E-state index contributed by atoms with van der Waals surface area (Å²) in [4.78, 5) is 30.9. The molecule has 2 heterocycles. The quantitative estimate of drug-likeness (QED) is 0.775. The third-order valence-corrected chi connectivity index (χ3v) is 6.38. The topological polar surface area (TPSA) is 62.3 Å². The van der Waals surface area contributed by atoms with Gasteiger partial charge in [-0.3, -0.25) is 9.59 Å². The van der Waals surface area contributed by atoms with E-state index in [0.717, 1.165) is 48.6 Å². The van der Waals surface area contributed by atoms with Crippen molar-refractivity contribution in [2.45, 2.75) is 51.9 Å². The van der Waals surface area contributed by atoms with E-state index in [4.69, 9.17) is 4.98 Å². The number of carbonyl (C=O) groups excluding carboxylic acids is 2. The molecule has 1 fully saturated rings. The van der Waals surface area contributed by atoms with Crippen LogP contribution >= 0.6 is 11.3 Å². The maximum Gasteiger partial charge on any atom is 0.227 e. The van der Waals surface area contributed by atoms with Crippen molar-refractivity contribution < 1.29 is 9.59 Å². The summed E-state index contributed by atoms with van der Waals surface area (Å²) in [5.41, 5.74) is 3.31. The molecule has 1 saturated heterocycles. The van der Waals surface area contributed by atoms with E-state index in [1.165, 1.54) is 5.56 Å². The standard InChI is InChI=1S/C22H29N3O2S/c1-3-20(26)23-11-10-19-15-28-22(24-19)18-9-6-12-25(14-18)21(27)13-17-8-5-4-7-16(17)2/h4-5,7-8,15,18H,3,6,9-14H2,1-2H3,(H,23,26). The van der Waals surface area contributed by atoms with Crippen molar-refractivity contribution in [3.63, 3.8) is 0 Å². The highest BCUT2D eigenvalue weighted by atomic mass is 32.1. The number of nitrogens with zero attached hydrogens (tertiary/aromatic N) is 2. The van der Waals surface area contributed by atoms with Gasteiger partial charge in [0.15, 0.2) is 0 Å². The lowest BCUT2D eigenvalue weighted by Crippen LogP contribution is -2.40. The van der Waals surface area contributed by atoms with E-state index in [1.54, 1.807) is 11.3 Å². The summed E-state index contributed by atoms with van der Waals surface area (Å²) in [6, 6.07) is 8.10. The molecule has 1 aromatic heterocycles. The minimum Gasteiger partial charge on any atom is -0.356 e. The molecule has 6 heteroatoms. The van der Waals surface area contributed by atoms with Gasteiger partial charge in [0.05, 0.1) is 17.1 Å². The zero-order valence-electron chi connectivity index (χ0n) is 16.7. The Labute approximate surface area is 171 Å². The zero-order valence-corrected chi connectivity index (χ0v) is 17.6. The van der Waals surface area contributed by atoms with Crippen molar-refractivity contribution in [2.75, 3.05) is 19.6 Å². The van der Waals surface area contributed by atoms with Crippen LogP contribution in [0.1, 0.15) is 53.9 Å². The Hall–Kier alpha value is -2.21. The fourth-order valence-corrected chi connectivity index (χ4v) is 4.55. The van der Waals surface area contributed by atoms with Crippen molar-refractivity contribution in [1.29, 1.82) is 0 Å². The second-order valence-corrected chi connectivity index (χ2v) is 8.30. The van der Waals surface area contributed by atoms with Gasteiger partial charge in [-0.2, -0.15) is 0 Å². The lowest BCUT2D eigenvalue weighted by molar-refractivity contribution is -0.131. The molecule has 3 rings (SSSR count). The molecule has 0 saturated carbocycles. The van der Waals surface area contributed by atoms with Gasteiger partial charge in [-0.25, -0.2) is 4.98 Å². The van der Waals surface area contributed by atoms with Gasteiger partial charge in [-0.1, -0.05) is 31.2 Å². The van der Waals surface area contributed by atoms with E-state index in [9.17, 15) is 9.59 Å².